The van der Waals surface area contributed by atoms with Gasteiger partial charge in [0.2, 0.25) is 0 Å². The van der Waals surface area contributed by atoms with E-state index in [2.05, 4.69) is 11.3 Å². The quantitative estimate of drug-likeness (QED) is 0.725. The summed E-state index contributed by atoms with van der Waals surface area (Å²) in [5.41, 5.74) is 0.786. The number of carbonyl (C=O) groups excluding carboxylic acids is 1. The van der Waals surface area contributed by atoms with E-state index in [-0.39, 0.29) is 29.4 Å². The first kappa shape index (κ1) is 22.1. The molecule has 2 heterocycles. The number of ether oxygens (including phenoxy) is 2. The van der Waals surface area contributed by atoms with Crippen LogP contribution in [0.5, 0.6) is 11.5 Å². The molecule has 0 unspecified atom stereocenters. The van der Waals surface area contributed by atoms with Gasteiger partial charge in [-0.25, -0.2) is 4.31 Å². The van der Waals surface area contributed by atoms with E-state index in [0.717, 1.165) is 17.1 Å². The number of hydrogen-bond donors (Lipinski definition) is 0. The molecule has 1 aromatic rings. The number of amides is 1. The van der Waals surface area contributed by atoms with Crippen molar-refractivity contribution in [3.8, 4) is 11.5 Å². The predicted molar refractivity (Wildman–Crippen MR) is 115 cm³/mol. The highest BCUT2D eigenvalue weighted by Crippen LogP contribution is 2.32. The molecular weight excluding hydrogens is 406 g/mol. The Bertz CT molecular complexity index is 990. The van der Waals surface area contributed by atoms with Crippen molar-refractivity contribution in [2.24, 2.45) is 10.3 Å². The summed E-state index contributed by atoms with van der Waals surface area (Å²) >= 11 is 0. The second-order valence-corrected chi connectivity index (χ2v) is 9.63. The average molecular weight is 436 g/mol. The van der Waals surface area contributed by atoms with Crippen LogP contribution in [0.3, 0.4) is 0 Å². The van der Waals surface area contributed by atoms with Crippen LogP contribution in [0.1, 0.15) is 39.2 Å². The Morgan fingerprint density at radius 1 is 1.07 bits per heavy atom. The number of allylic oxidation sites excluding steroid dienone is 1. The van der Waals surface area contributed by atoms with Crippen LogP contribution in [0, 0.1) is 5.92 Å². The standard InChI is InChI=1S/C21H29N3O5S/c1-13-9-14(2)24(15(3)10-13)21(25)18-12-17(22-30(26,27)23(18)4)16-7-8-19(28-5)20(11-16)29-6/h7-8,11-15H,9-10H2,1-6H3/t14-,15-/m0/s1. The molecule has 1 amide bonds. The van der Waals surface area contributed by atoms with Gasteiger partial charge < -0.3 is 14.4 Å². The zero-order valence-electron chi connectivity index (χ0n) is 18.2. The minimum atomic E-state index is -4.04. The van der Waals surface area contributed by atoms with E-state index in [4.69, 9.17) is 9.47 Å². The highest BCUT2D eigenvalue weighted by atomic mass is 32.2. The van der Waals surface area contributed by atoms with Crippen LogP contribution in [-0.2, 0) is 15.0 Å². The molecule has 2 atom stereocenters. The summed E-state index contributed by atoms with van der Waals surface area (Å²) < 4.78 is 40.9. The Morgan fingerprint density at radius 3 is 2.23 bits per heavy atom. The fraction of sp³-hybridized carbons (Fsp3) is 0.524. The van der Waals surface area contributed by atoms with E-state index in [0.29, 0.717) is 23.0 Å². The second-order valence-electron chi connectivity index (χ2n) is 8.01. The largest absolute Gasteiger partial charge is 0.493 e. The van der Waals surface area contributed by atoms with Crippen molar-refractivity contribution < 1.29 is 22.7 Å². The third kappa shape index (κ3) is 4.03. The molecule has 2 aliphatic heterocycles. The fourth-order valence-electron chi connectivity index (χ4n) is 4.34. The highest BCUT2D eigenvalue weighted by Gasteiger charge is 2.38. The molecule has 9 heteroatoms. The topological polar surface area (TPSA) is 88.5 Å². The van der Waals surface area contributed by atoms with Crippen LogP contribution in [0.4, 0.5) is 0 Å². The third-order valence-electron chi connectivity index (χ3n) is 5.74. The summed E-state index contributed by atoms with van der Waals surface area (Å²) in [7, 11) is 0.339. The van der Waals surface area contributed by atoms with E-state index in [1.165, 1.54) is 27.3 Å². The molecule has 0 N–H and O–H groups in total. The van der Waals surface area contributed by atoms with E-state index < -0.39 is 10.2 Å². The normalized spacial score (nSPS) is 26.0. The van der Waals surface area contributed by atoms with Gasteiger partial charge in [-0.15, -0.1) is 4.40 Å². The van der Waals surface area contributed by atoms with Gasteiger partial charge in [-0.3, -0.25) is 4.79 Å². The lowest BCUT2D eigenvalue weighted by molar-refractivity contribution is -0.134. The van der Waals surface area contributed by atoms with Gasteiger partial charge in [-0.2, -0.15) is 8.42 Å². The summed E-state index contributed by atoms with van der Waals surface area (Å²) in [6.07, 6.45) is 3.30. The Labute approximate surface area is 178 Å². The molecular formula is C21H29N3O5S. The molecule has 3 rings (SSSR count). The number of piperidine rings is 1. The minimum Gasteiger partial charge on any atom is -0.493 e. The smallest absolute Gasteiger partial charge is 0.345 e. The van der Waals surface area contributed by atoms with Crippen molar-refractivity contribution in [1.29, 1.82) is 0 Å². The zero-order valence-corrected chi connectivity index (χ0v) is 19.1. The fourth-order valence-corrected chi connectivity index (χ4v) is 5.25. The second kappa shape index (κ2) is 8.29. The minimum absolute atomic E-state index is 0.0247. The van der Waals surface area contributed by atoms with Gasteiger partial charge in [-0.1, -0.05) is 6.92 Å². The van der Waals surface area contributed by atoms with Crippen molar-refractivity contribution >= 4 is 21.8 Å². The first-order valence-corrected chi connectivity index (χ1v) is 11.3. The summed E-state index contributed by atoms with van der Waals surface area (Å²) in [5.74, 6) is 1.18. The number of benzene rings is 1. The number of methoxy groups -OCH3 is 2. The lowest BCUT2D eigenvalue weighted by Gasteiger charge is -2.43. The monoisotopic (exact) mass is 435 g/mol. The van der Waals surface area contributed by atoms with Crippen LogP contribution < -0.4 is 9.47 Å². The zero-order chi connectivity index (χ0) is 22.2. The van der Waals surface area contributed by atoms with Crippen LogP contribution in [0.25, 0.3) is 0 Å². The van der Waals surface area contributed by atoms with E-state index in [1.54, 1.807) is 23.1 Å². The molecule has 8 nitrogen and oxygen atoms in total. The van der Waals surface area contributed by atoms with Crippen LogP contribution >= 0.6 is 0 Å². The molecule has 30 heavy (non-hydrogen) atoms. The van der Waals surface area contributed by atoms with Crippen molar-refractivity contribution in [2.75, 3.05) is 21.3 Å². The number of hydrogen-bond acceptors (Lipinski definition) is 5. The summed E-state index contributed by atoms with van der Waals surface area (Å²) in [4.78, 5) is 15.2. The molecule has 1 saturated heterocycles. The van der Waals surface area contributed by atoms with Crippen LogP contribution in [-0.4, -0.2) is 62.6 Å². The van der Waals surface area contributed by atoms with Crippen molar-refractivity contribution in [1.82, 2.24) is 9.21 Å². The van der Waals surface area contributed by atoms with Gasteiger partial charge in [0.05, 0.1) is 19.9 Å². The lowest BCUT2D eigenvalue weighted by atomic mass is 9.88. The number of rotatable bonds is 4. The molecule has 1 fully saturated rings. The number of nitrogens with zero attached hydrogens (tertiary/aromatic N) is 3. The first-order valence-electron chi connectivity index (χ1n) is 9.94. The molecule has 0 saturated carbocycles. The van der Waals surface area contributed by atoms with E-state index in [1.807, 2.05) is 13.8 Å². The van der Waals surface area contributed by atoms with Gasteiger partial charge in [-0.05, 0) is 56.9 Å². The number of carbonyl (C=O) groups is 1. The van der Waals surface area contributed by atoms with E-state index >= 15 is 0 Å². The average Bonchev–Trinajstić information content (AvgIpc) is 2.68. The Hall–Kier alpha value is -2.55. The summed E-state index contributed by atoms with van der Waals surface area (Å²) in [6.45, 7) is 6.18. The van der Waals surface area contributed by atoms with Crippen LogP contribution in [0.15, 0.2) is 34.4 Å². The maximum atomic E-state index is 13.4. The molecule has 0 aromatic heterocycles. The van der Waals surface area contributed by atoms with Crippen LogP contribution in [0.2, 0.25) is 0 Å². The van der Waals surface area contributed by atoms with Crippen molar-refractivity contribution in [3.63, 3.8) is 0 Å². The van der Waals surface area contributed by atoms with Gasteiger partial charge in [0.25, 0.3) is 5.91 Å². The van der Waals surface area contributed by atoms with Gasteiger partial charge in [0.15, 0.2) is 11.5 Å². The Morgan fingerprint density at radius 2 is 1.67 bits per heavy atom. The van der Waals surface area contributed by atoms with Crippen molar-refractivity contribution in [3.05, 3.63) is 35.5 Å². The lowest BCUT2D eigenvalue weighted by Crippen LogP contribution is -2.52. The summed E-state index contributed by atoms with van der Waals surface area (Å²) in [6, 6.07) is 5.05. The molecule has 0 radical (unpaired) electrons. The molecule has 1 aromatic carbocycles. The first-order chi connectivity index (χ1) is 14.1. The number of likely N-dealkylation sites (N-methyl/N-ethyl adjacent to an activating group) is 1. The summed E-state index contributed by atoms with van der Waals surface area (Å²) in [5, 5.41) is 0. The molecule has 164 valence electrons. The Kier molecular flexibility index (Phi) is 6.12. The number of likely N-dealkylation sites (tertiary alicyclic amines) is 1. The van der Waals surface area contributed by atoms with E-state index in [9.17, 15) is 13.2 Å². The predicted octanol–water partition coefficient (Wildman–Crippen LogP) is 2.60. The molecule has 0 spiro atoms. The van der Waals surface area contributed by atoms with Gasteiger partial charge >= 0.3 is 10.2 Å². The van der Waals surface area contributed by atoms with Gasteiger partial charge in [0.1, 0.15) is 5.70 Å². The maximum absolute atomic E-state index is 13.4. The molecule has 2 aliphatic rings. The van der Waals surface area contributed by atoms with Gasteiger partial charge in [0, 0.05) is 24.7 Å². The third-order valence-corrected chi connectivity index (χ3v) is 7.06. The Balaban J connectivity index is 2.04. The SMILES string of the molecule is COc1ccc(C2=NS(=O)(=O)N(C)C(C(=O)N3[C@@H](C)CC(C)C[C@@H]3C)=C2)cc1OC. The molecule has 0 aliphatic carbocycles. The highest BCUT2D eigenvalue weighted by molar-refractivity contribution is 7.88. The van der Waals surface area contributed by atoms with Crippen molar-refractivity contribution in [2.45, 2.75) is 45.7 Å². The maximum Gasteiger partial charge on any atom is 0.345 e. The molecule has 0 bridgehead atoms.